The second kappa shape index (κ2) is 8.36. The lowest BCUT2D eigenvalue weighted by Crippen LogP contribution is -2.25. The molecular weight excluding hydrogens is 180 g/mol. The van der Waals surface area contributed by atoms with Gasteiger partial charge in [0, 0.05) is 0 Å². The molecule has 0 rings (SSSR count). The summed E-state index contributed by atoms with van der Waals surface area (Å²) >= 11 is 0. The van der Waals surface area contributed by atoms with Crippen molar-refractivity contribution in [2.24, 2.45) is 0 Å². The summed E-state index contributed by atoms with van der Waals surface area (Å²) in [6.07, 6.45) is -1.75. The predicted molar refractivity (Wildman–Crippen MR) is 44.1 cm³/mol. The van der Waals surface area contributed by atoms with E-state index in [2.05, 4.69) is 4.74 Å². The molecule has 0 aliphatic rings. The van der Waals surface area contributed by atoms with Crippen molar-refractivity contribution in [1.29, 1.82) is 0 Å². The summed E-state index contributed by atoms with van der Waals surface area (Å²) in [5.41, 5.74) is 0. The fourth-order valence-corrected chi connectivity index (χ4v) is 0.565. The molecule has 13 heavy (non-hydrogen) atoms. The molecule has 6 heteroatoms. The van der Waals surface area contributed by atoms with E-state index in [-0.39, 0.29) is 33.2 Å². The van der Waals surface area contributed by atoms with E-state index in [1.165, 1.54) is 0 Å². The zero-order valence-electron chi connectivity index (χ0n) is 7.33. The third-order valence-electron chi connectivity index (χ3n) is 1.25. The highest BCUT2D eigenvalue weighted by atomic mass is 16.7. The van der Waals surface area contributed by atoms with E-state index in [4.69, 9.17) is 25.2 Å². The van der Waals surface area contributed by atoms with Gasteiger partial charge in [-0.1, -0.05) is 0 Å². The van der Waals surface area contributed by atoms with Crippen LogP contribution < -0.4 is 0 Å². The van der Waals surface area contributed by atoms with Crippen molar-refractivity contribution >= 4 is 0 Å². The fraction of sp³-hybridized carbons (Fsp3) is 1.00. The lowest BCUT2D eigenvalue weighted by Gasteiger charge is -2.08. The fourth-order valence-electron chi connectivity index (χ4n) is 0.565. The molecule has 5 N–H and O–H groups in total. The molecule has 0 bridgehead atoms. The van der Waals surface area contributed by atoms with Crippen LogP contribution in [0.3, 0.4) is 0 Å². The second-order valence-electron chi connectivity index (χ2n) is 2.58. The first-order valence-corrected chi connectivity index (χ1v) is 3.99. The van der Waals surface area contributed by atoms with Crippen LogP contribution in [-0.4, -0.2) is 70.6 Å². The SMILES string of the molecule is OCC(O)C[OH+]COC[C@H](O)CO. The van der Waals surface area contributed by atoms with E-state index in [0.717, 1.165) is 0 Å². The second-order valence-corrected chi connectivity index (χ2v) is 2.58. The summed E-state index contributed by atoms with van der Waals surface area (Å²) in [5.74, 6) is 0. The van der Waals surface area contributed by atoms with Crippen LogP contribution in [0.4, 0.5) is 0 Å². The standard InChI is InChI=1S/C7H16O6/c8-1-6(10)3-12-5-13-4-7(11)2-9/h6-11H,1-5H2/p+1/t6-,7?/m1/s1. The van der Waals surface area contributed by atoms with Gasteiger partial charge in [0.05, 0.1) is 19.8 Å². The zero-order valence-corrected chi connectivity index (χ0v) is 7.33. The minimum absolute atomic E-state index is 0.00915. The Morgan fingerprint density at radius 2 is 1.69 bits per heavy atom. The van der Waals surface area contributed by atoms with Gasteiger partial charge in [-0.3, -0.25) is 0 Å². The van der Waals surface area contributed by atoms with Crippen molar-refractivity contribution in [3.05, 3.63) is 0 Å². The van der Waals surface area contributed by atoms with Crippen LogP contribution in [0, 0.1) is 0 Å². The quantitative estimate of drug-likeness (QED) is 0.191. The average molecular weight is 197 g/mol. The van der Waals surface area contributed by atoms with Gasteiger partial charge in [-0.15, -0.1) is 0 Å². The van der Waals surface area contributed by atoms with E-state index in [0.29, 0.717) is 0 Å². The predicted octanol–water partition coefficient (Wildman–Crippen LogP) is -2.81. The number of hydrogen-bond donors (Lipinski definition) is 4. The highest BCUT2D eigenvalue weighted by molar-refractivity contribution is 4.48. The first-order valence-electron chi connectivity index (χ1n) is 3.99. The maximum absolute atomic E-state index is 8.82. The molecule has 0 aromatic carbocycles. The van der Waals surface area contributed by atoms with Crippen LogP contribution in [0.25, 0.3) is 0 Å². The molecule has 0 amide bonds. The van der Waals surface area contributed by atoms with Gasteiger partial charge >= 0.3 is 0 Å². The number of aliphatic hydroxyl groups is 6. The summed E-state index contributed by atoms with van der Waals surface area (Å²) in [6, 6.07) is 0. The summed E-state index contributed by atoms with van der Waals surface area (Å²) < 4.78 is 8.54. The zero-order chi connectivity index (χ0) is 10.1. The molecule has 0 fully saturated rings. The molecule has 2 atom stereocenters. The minimum atomic E-state index is -0.891. The van der Waals surface area contributed by atoms with Gasteiger partial charge in [0.1, 0.15) is 12.2 Å². The van der Waals surface area contributed by atoms with Crippen molar-refractivity contribution in [3.63, 3.8) is 0 Å². The Morgan fingerprint density at radius 1 is 1.08 bits per heavy atom. The Hall–Kier alpha value is -0.240. The van der Waals surface area contributed by atoms with Crippen molar-refractivity contribution in [2.45, 2.75) is 12.2 Å². The van der Waals surface area contributed by atoms with Crippen molar-refractivity contribution in [2.75, 3.05) is 33.2 Å². The lowest BCUT2D eigenvalue weighted by molar-refractivity contribution is -0.193. The summed E-state index contributed by atoms with van der Waals surface area (Å²) in [6.45, 7) is -0.531. The Morgan fingerprint density at radius 3 is 2.23 bits per heavy atom. The van der Waals surface area contributed by atoms with Crippen LogP contribution in [0.15, 0.2) is 0 Å². The molecule has 0 aliphatic carbocycles. The van der Waals surface area contributed by atoms with Crippen LogP contribution >= 0.6 is 0 Å². The smallest absolute Gasteiger partial charge is 0.254 e. The maximum atomic E-state index is 8.82. The monoisotopic (exact) mass is 197 g/mol. The number of hydrogen-bond acceptors (Lipinski definition) is 5. The molecule has 1 unspecified atom stereocenters. The molecule has 0 aliphatic heterocycles. The third kappa shape index (κ3) is 8.10. The van der Waals surface area contributed by atoms with E-state index >= 15 is 0 Å². The Balaban J connectivity index is 3.08. The number of ether oxygens (including phenoxy) is 2. The molecule has 0 aromatic rings. The van der Waals surface area contributed by atoms with Gasteiger partial charge in [0.15, 0.2) is 6.61 Å². The van der Waals surface area contributed by atoms with Gasteiger partial charge < -0.3 is 29.9 Å². The summed E-state index contributed by atoms with van der Waals surface area (Å²) in [4.78, 5) is 0. The maximum Gasteiger partial charge on any atom is 0.254 e. The van der Waals surface area contributed by atoms with Crippen LogP contribution in [-0.2, 0) is 4.74 Å². The molecule has 0 spiro atoms. The Bertz CT molecular complexity index is 97.2. The van der Waals surface area contributed by atoms with Crippen molar-refractivity contribution in [3.8, 4) is 0 Å². The van der Waals surface area contributed by atoms with Gasteiger partial charge in [0.25, 0.3) is 6.79 Å². The normalized spacial score (nSPS) is 15.7. The molecule has 80 valence electrons. The summed E-state index contributed by atoms with van der Waals surface area (Å²) in [5, 5.41) is 34.4. The van der Waals surface area contributed by atoms with Crippen LogP contribution in [0.1, 0.15) is 0 Å². The molecular formula is C7H17O6+. The van der Waals surface area contributed by atoms with E-state index in [1.54, 1.807) is 0 Å². The summed E-state index contributed by atoms with van der Waals surface area (Å²) in [7, 11) is 0. The average Bonchev–Trinajstić information content (AvgIpc) is 2.16. The molecule has 0 saturated carbocycles. The Kier molecular flexibility index (Phi) is 8.21. The Labute approximate surface area is 76.3 Å². The van der Waals surface area contributed by atoms with E-state index in [1.807, 2.05) is 0 Å². The number of aliphatic hydroxyl groups excluding tert-OH is 4. The van der Waals surface area contributed by atoms with E-state index < -0.39 is 12.2 Å². The third-order valence-corrected chi connectivity index (χ3v) is 1.25. The number of rotatable bonds is 8. The largest absolute Gasteiger partial charge is 0.410 e. The first kappa shape index (κ1) is 12.8. The topological polar surface area (TPSA) is 103 Å². The van der Waals surface area contributed by atoms with Gasteiger partial charge in [-0.2, -0.15) is 0 Å². The first-order chi connectivity index (χ1) is 6.20. The molecule has 0 heterocycles. The highest BCUT2D eigenvalue weighted by Crippen LogP contribution is 1.85. The van der Waals surface area contributed by atoms with Gasteiger partial charge in [-0.25, -0.2) is 0 Å². The molecule has 0 aromatic heterocycles. The van der Waals surface area contributed by atoms with Crippen molar-refractivity contribution in [1.82, 2.24) is 0 Å². The lowest BCUT2D eigenvalue weighted by atomic mass is 10.4. The van der Waals surface area contributed by atoms with Gasteiger partial charge in [0.2, 0.25) is 0 Å². The molecule has 0 saturated heterocycles. The van der Waals surface area contributed by atoms with Crippen LogP contribution in [0.5, 0.6) is 0 Å². The van der Waals surface area contributed by atoms with E-state index in [9.17, 15) is 0 Å². The highest BCUT2D eigenvalue weighted by Gasteiger charge is 2.06. The van der Waals surface area contributed by atoms with Gasteiger partial charge in [-0.05, 0) is 0 Å². The van der Waals surface area contributed by atoms with Crippen molar-refractivity contribution < 1.29 is 29.9 Å². The van der Waals surface area contributed by atoms with Crippen LogP contribution in [0.2, 0.25) is 0 Å². The minimum Gasteiger partial charge on any atom is -0.410 e. The molecule has 0 radical (unpaired) electrons. The molecule has 6 nitrogen and oxygen atoms in total.